The number of aromatic nitrogens is 2. The minimum atomic E-state index is -0.261. The second kappa shape index (κ2) is 8.86. The van der Waals surface area contributed by atoms with Crippen LogP contribution < -0.4 is 4.90 Å². The second-order valence-electron chi connectivity index (χ2n) is 7.80. The highest BCUT2D eigenvalue weighted by Gasteiger charge is 2.30. The lowest BCUT2D eigenvalue weighted by Crippen LogP contribution is -2.51. The van der Waals surface area contributed by atoms with E-state index in [1.165, 1.54) is 12.1 Å². The van der Waals surface area contributed by atoms with Crippen LogP contribution >= 0.6 is 0 Å². The topological polar surface area (TPSA) is 52.6 Å². The maximum Gasteiger partial charge on any atom is 0.225 e. The molecular formula is C22H28FN5O. The van der Waals surface area contributed by atoms with E-state index in [9.17, 15) is 9.18 Å². The van der Waals surface area contributed by atoms with E-state index >= 15 is 0 Å². The highest BCUT2D eigenvalue weighted by Crippen LogP contribution is 2.25. The number of likely N-dealkylation sites (N-methyl/N-ethyl adjacent to an activating group) is 1. The average molecular weight is 397 g/mol. The lowest BCUT2D eigenvalue weighted by atomic mass is 9.95. The molecule has 4 rings (SSSR count). The summed E-state index contributed by atoms with van der Waals surface area (Å²) in [6.45, 7) is 8.52. The van der Waals surface area contributed by atoms with Crippen LogP contribution in [-0.4, -0.2) is 71.7 Å². The van der Waals surface area contributed by atoms with Gasteiger partial charge in [-0.2, -0.15) is 0 Å². The van der Waals surface area contributed by atoms with E-state index in [2.05, 4.69) is 26.9 Å². The van der Waals surface area contributed by atoms with E-state index < -0.39 is 0 Å². The molecule has 3 heterocycles. The number of carbonyl (C=O) groups excluding carboxylic acids is 1. The molecule has 1 aromatic carbocycles. The zero-order valence-electron chi connectivity index (χ0n) is 16.9. The Balaban J connectivity index is 1.31. The van der Waals surface area contributed by atoms with Crippen LogP contribution in [0.1, 0.15) is 19.8 Å². The first-order valence-electron chi connectivity index (χ1n) is 10.5. The van der Waals surface area contributed by atoms with Crippen LogP contribution in [0.15, 0.2) is 36.4 Å². The van der Waals surface area contributed by atoms with Crippen molar-refractivity contribution in [1.82, 2.24) is 20.0 Å². The average Bonchev–Trinajstić information content (AvgIpc) is 2.79. The quantitative estimate of drug-likeness (QED) is 0.794. The molecule has 2 aromatic rings. The van der Waals surface area contributed by atoms with Gasteiger partial charge in [0, 0.05) is 50.7 Å². The normalized spacial score (nSPS) is 18.8. The first-order chi connectivity index (χ1) is 14.1. The summed E-state index contributed by atoms with van der Waals surface area (Å²) in [4.78, 5) is 19.5. The minimum absolute atomic E-state index is 0.117. The summed E-state index contributed by atoms with van der Waals surface area (Å²) >= 11 is 0. The third-order valence-corrected chi connectivity index (χ3v) is 6.09. The second-order valence-corrected chi connectivity index (χ2v) is 7.80. The number of piperidine rings is 1. The highest BCUT2D eigenvalue weighted by molar-refractivity contribution is 5.79. The van der Waals surface area contributed by atoms with Crippen LogP contribution in [0.25, 0.3) is 11.3 Å². The molecule has 1 aromatic heterocycles. The van der Waals surface area contributed by atoms with Crippen LogP contribution in [0.2, 0.25) is 0 Å². The van der Waals surface area contributed by atoms with Gasteiger partial charge in [0.2, 0.25) is 5.91 Å². The van der Waals surface area contributed by atoms with Crippen molar-refractivity contribution in [3.8, 4) is 11.3 Å². The number of halogens is 1. The Morgan fingerprint density at radius 2 is 1.66 bits per heavy atom. The van der Waals surface area contributed by atoms with Crippen molar-refractivity contribution >= 4 is 11.7 Å². The van der Waals surface area contributed by atoms with Gasteiger partial charge in [-0.3, -0.25) is 4.79 Å². The Bertz CT molecular complexity index is 810. The van der Waals surface area contributed by atoms with Gasteiger partial charge in [-0.1, -0.05) is 6.92 Å². The summed E-state index contributed by atoms with van der Waals surface area (Å²) in [5, 5.41) is 8.66. The summed E-state index contributed by atoms with van der Waals surface area (Å²) in [5.74, 6) is 1.00. The van der Waals surface area contributed by atoms with Gasteiger partial charge in [-0.15, -0.1) is 10.2 Å². The number of amides is 1. The molecule has 2 aliphatic heterocycles. The third-order valence-electron chi connectivity index (χ3n) is 6.09. The number of anilines is 1. The van der Waals surface area contributed by atoms with Crippen molar-refractivity contribution < 1.29 is 9.18 Å². The van der Waals surface area contributed by atoms with Crippen molar-refractivity contribution in [3.63, 3.8) is 0 Å². The molecule has 0 N–H and O–H groups in total. The molecule has 1 amide bonds. The van der Waals surface area contributed by atoms with E-state index in [0.29, 0.717) is 5.91 Å². The Kier molecular flexibility index (Phi) is 6.04. The molecule has 2 fully saturated rings. The van der Waals surface area contributed by atoms with Gasteiger partial charge in [0.05, 0.1) is 5.69 Å². The van der Waals surface area contributed by atoms with Crippen LogP contribution in [-0.2, 0) is 4.79 Å². The number of hydrogen-bond acceptors (Lipinski definition) is 5. The number of nitrogens with zero attached hydrogens (tertiary/aromatic N) is 5. The van der Waals surface area contributed by atoms with Crippen LogP contribution in [0, 0.1) is 11.7 Å². The molecule has 2 aliphatic rings. The SMILES string of the molecule is CCN1CCN(C(=O)C2CCN(c3ccc(-c4ccc(F)cc4)nn3)CC2)CC1. The molecule has 2 saturated heterocycles. The van der Waals surface area contributed by atoms with E-state index in [4.69, 9.17) is 0 Å². The summed E-state index contributed by atoms with van der Waals surface area (Å²) < 4.78 is 13.1. The predicted octanol–water partition coefficient (Wildman–Crippen LogP) is 2.66. The molecule has 154 valence electrons. The van der Waals surface area contributed by atoms with E-state index in [1.807, 2.05) is 17.0 Å². The Morgan fingerprint density at radius 3 is 2.24 bits per heavy atom. The summed E-state index contributed by atoms with van der Waals surface area (Å²) in [7, 11) is 0. The largest absolute Gasteiger partial charge is 0.355 e. The maximum absolute atomic E-state index is 13.1. The molecule has 0 spiro atoms. The smallest absolute Gasteiger partial charge is 0.225 e. The number of rotatable bonds is 4. The van der Waals surface area contributed by atoms with E-state index in [0.717, 1.165) is 75.7 Å². The summed E-state index contributed by atoms with van der Waals surface area (Å²) in [6.07, 6.45) is 1.71. The van der Waals surface area contributed by atoms with Crippen LogP contribution in [0.4, 0.5) is 10.2 Å². The lowest BCUT2D eigenvalue weighted by molar-refractivity contribution is -0.137. The van der Waals surface area contributed by atoms with E-state index in [1.54, 1.807) is 12.1 Å². The lowest BCUT2D eigenvalue weighted by Gasteiger charge is -2.38. The number of hydrogen-bond donors (Lipinski definition) is 0. The zero-order chi connectivity index (χ0) is 20.2. The molecule has 0 unspecified atom stereocenters. The molecule has 29 heavy (non-hydrogen) atoms. The molecule has 0 aliphatic carbocycles. The van der Waals surface area contributed by atoms with Crippen molar-refractivity contribution in [2.45, 2.75) is 19.8 Å². The zero-order valence-corrected chi connectivity index (χ0v) is 16.9. The minimum Gasteiger partial charge on any atom is -0.355 e. The molecule has 0 atom stereocenters. The van der Waals surface area contributed by atoms with Crippen LogP contribution in [0.3, 0.4) is 0 Å². The monoisotopic (exact) mass is 397 g/mol. The van der Waals surface area contributed by atoms with Crippen molar-refractivity contribution in [2.24, 2.45) is 5.92 Å². The van der Waals surface area contributed by atoms with Gasteiger partial charge in [0.25, 0.3) is 0 Å². The van der Waals surface area contributed by atoms with Gasteiger partial charge < -0.3 is 14.7 Å². The van der Waals surface area contributed by atoms with Gasteiger partial charge in [0.15, 0.2) is 5.82 Å². The first kappa shape index (κ1) is 19.8. The van der Waals surface area contributed by atoms with Gasteiger partial charge >= 0.3 is 0 Å². The molecule has 0 radical (unpaired) electrons. The number of carbonyl (C=O) groups is 1. The fourth-order valence-corrected chi connectivity index (χ4v) is 4.17. The van der Waals surface area contributed by atoms with Crippen molar-refractivity contribution in [3.05, 3.63) is 42.2 Å². The van der Waals surface area contributed by atoms with Crippen LogP contribution in [0.5, 0.6) is 0 Å². The molecular weight excluding hydrogens is 369 g/mol. The summed E-state index contributed by atoms with van der Waals surface area (Å²) in [5.41, 5.74) is 1.57. The molecule has 0 bridgehead atoms. The van der Waals surface area contributed by atoms with Gasteiger partial charge in [-0.05, 0) is 55.8 Å². The Morgan fingerprint density at radius 1 is 0.966 bits per heavy atom. The number of benzene rings is 1. The van der Waals surface area contributed by atoms with E-state index in [-0.39, 0.29) is 11.7 Å². The molecule has 6 nitrogen and oxygen atoms in total. The van der Waals surface area contributed by atoms with Gasteiger partial charge in [0.1, 0.15) is 5.82 Å². The standard InChI is InChI=1S/C22H28FN5O/c1-2-26-13-15-28(16-14-26)22(29)18-9-11-27(12-10-18)21-8-7-20(24-25-21)17-3-5-19(23)6-4-17/h3-8,18H,2,9-16H2,1H3. The third kappa shape index (κ3) is 4.56. The van der Waals surface area contributed by atoms with Crippen molar-refractivity contribution in [2.75, 3.05) is 50.7 Å². The molecule has 7 heteroatoms. The predicted molar refractivity (Wildman–Crippen MR) is 111 cm³/mol. The summed E-state index contributed by atoms with van der Waals surface area (Å²) in [6, 6.07) is 10.1. The highest BCUT2D eigenvalue weighted by atomic mass is 19.1. The number of piperazine rings is 1. The first-order valence-corrected chi connectivity index (χ1v) is 10.5. The maximum atomic E-state index is 13.1. The fourth-order valence-electron chi connectivity index (χ4n) is 4.17. The fraction of sp³-hybridized carbons (Fsp3) is 0.500. The van der Waals surface area contributed by atoms with Gasteiger partial charge in [-0.25, -0.2) is 4.39 Å². The van der Waals surface area contributed by atoms with Crippen molar-refractivity contribution in [1.29, 1.82) is 0 Å². The molecule has 0 saturated carbocycles. The Hall–Kier alpha value is -2.54. The Labute approximate surface area is 171 Å².